The number of aromatic nitrogens is 1. The zero-order chi connectivity index (χ0) is 14.6. The van der Waals surface area contributed by atoms with E-state index in [1.54, 1.807) is 24.3 Å². The summed E-state index contributed by atoms with van der Waals surface area (Å²) < 4.78 is 0. The number of fused-ring (bicyclic) bond motifs is 2. The summed E-state index contributed by atoms with van der Waals surface area (Å²) in [4.78, 5) is 31.8. The number of aryl methyl sites for hydroxylation is 1. The molecule has 1 aliphatic heterocycles. The Labute approximate surface area is 125 Å². The van der Waals surface area contributed by atoms with E-state index in [9.17, 15) is 9.59 Å². The van der Waals surface area contributed by atoms with Crippen molar-refractivity contribution in [1.82, 2.24) is 9.88 Å². The van der Waals surface area contributed by atoms with Crippen LogP contribution in [0.5, 0.6) is 0 Å². The van der Waals surface area contributed by atoms with Gasteiger partial charge in [-0.15, -0.1) is 11.3 Å². The van der Waals surface area contributed by atoms with E-state index >= 15 is 0 Å². The Balaban J connectivity index is 1.67. The zero-order valence-corrected chi connectivity index (χ0v) is 12.0. The van der Waals surface area contributed by atoms with Crippen LogP contribution in [0.4, 0.5) is 5.13 Å². The van der Waals surface area contributed by atoms with Crippen molar-refractivity contribution in [3.63, 3.8) is 0 Å². The molecule has 1 aliphatic carbocycles. The van der Waals surface area contributed by atoms with Gasteiger partial charge in [0.1, 0.15) is 0 Å². The lowest BCUT2D eigenvalue weighted by molar-refractivity contribution is 0.0571. The summed E-state index contributed by atoms with van der Waals surface area (Å²) in [6.07, 6.45) is 2.18. The molecule has 4 rings (SSSR count). The highest BCUT2D eigenvalue weighted by Crippen LogP contribution is 2.33. The van der Waals surface area contributed by atoms with Gasteiger partial charge in [-0.2, -0.15) is 0 Å². The topological polar surface area (TPSA) is 76.3 Å². The number of hydrogen-bond donors (Lipinski definition) is 1. The highest BCUT2D eigenvalue weighted by molar-refractivity contribution is 7.15. The van der Waals surface area contributed by atoms with Crippen LogP contribution in [0, 0.1) is 0 Å². The van der Waals surface area contributed by atoms with Gasteiger partial charge in [0.05, 0.1) is 16.8 Å². The molecule has 106 valence electrons. The summed E-state index contributed by atoms with van der Waals surface area (Å²) in [5, 5.41) is 0.558. The van der Waals surface area contributed by atoms with Gasteiger partial charge < -0.3 is 5.73 Å². The molecule has 0 saturated carbocycles. The van der Waals surface area contributed by atoms with Crippen molar-refractivity contribution in [2.45, 2.75) is 25.3 Å². The van der Waals surface area contributed by atoms with E-state index in [4.69, 9.17) is 5.73 Å². The van der Waals surface area contributed by atoms with Crippen molar-refractivity contribution in [3.05, 3.63) is 46.0 Å². The van der Waals surface area contributed by atoms with Crippen LogP contribution >= 0.6 is 11.3 Å². The van der Waals surface area contributed by atoms with Crippen molar-refractivity contribution < 1.29 is 9.59 Å². The number of hydrogen-bond acceptors (Lipinski definition) is 5. The summed E-state index contributed by atoms with van der Waals surface area (Å²) in [7, 11) is 0. The minimum Gasteiger partial charge on any atom is -0.375 e. The van der Waals surface area contributed by atoms with Crippen LogP contribution in [-0.2, 0) is 12.8 Å². The molecule has 5 nitrogen and oxygen atoms in total. The predicted octanol–water partition coefficient (Wildman–Crippen LogP) is 1.88. The van der Waals surface area contributed by atoms with Gasteiger partial charge in [0.2, 0.25) is 0 Å². The number of anilines is 1. The van der Waals surface area contributed by atoms with Crippen molar-refractivity contribution in [1.29, 1.82) is 0 Å². The van der Waals surface area contributed by atoms with Crippen molar-refractivity contribution in [2.75, 3.05) is 5.73 Å². The van der Waals surface area contributed by atoms with E-state index in [0.29, 0.717) is 22.7 Å². The number of rotatable bonds is 1. The van der Waals surface area contributed by atoms with Gasteiger partial charge in [0.15, 0.2) is 5.13 Å². The molecule has 0 fully saturated rings. The van der Waals surface area contributed by atoms with Gasteiger partial charge in [-0.05, 0) is 25.0 Å². The Kier molecular flexibility index (Phi) is 2.62. The molecule has 1 aromatic carbocycles. The standard InChI is InChI=1S/C15H13N3O2S/c16-15-17-11-6-5-8(7-12(11)21-15)18-13(19)9-3-1-2-4-10(9)14(18)20/h1-4,8H,5-7H2,(H2,16,17)/t8-/m1/s1. The first-order chi connectivity index (χ1) is 10.1. The number of thiazole rings is 1. The summed E-state index contributed by atoms with van der Waals surface area (Å²) in [5.74, 6) is -0.358. The van der Waals surface area contributed by atoms with Crippen LogP contribution in [0.1, 0.15) is 37.7 Å². The fourth-order valence-corrected chi connectivity index (χ4v) is 4.09. The number of carbonyl (C=O) groups excluding carboxylic acids is 2. The third-order valence-electron chi connectivity index (χ3n) is 4.12. The Morgan fingerprint density at radius 1 is 1.19 bits per heavy atom. The van der Waals surface area contributed by atoms with Crippen molar-refractivity contribution in [2.24, 2.45) is 0 Å². The molecule has 0 bridgehead atoms. The quantitative estimate of drug-likeness (QED) is 0.816. The summed E-state index contributed by atoms with van der Waals surface area (Å²) in [6, 6.07) is 6.92. The van der Waals surface area contributed by atoms with Crippen molar-refractivity contribution >= 4 is 28.3 Å². The lowest BCUT2D eigenvalue weighted by Gasteiger charge is -2.28. The Bertz CT molecular complexity index is 733. The first-order valence-corrected chi connectivity index (χ1v) is 7.68. The smallest absolute Gasteiger partial charge is 0.261 e. The highest BCUT2D eigenvalue weighted by Gasteiger charge is 2.41. The molecule has 2 N–H and O–H groups in total. The first-order valence-electron chi connectivity index (χ1n) is 6.86. The molecule has 1 atom stereocenters. The van der Waals surface area contributed by atoms with Crippen LogP contribution in [0.2, 0.25) is 0 Å². The number of nitrogens with two attached hydrogens (primary N) is 1. The molecule has 2 heterocycles. The number of carbonyl (C=O) groups is 2. The second kappa shape index (κ2) is 4.39. The maximum absolute atomic E-state index is 12.5. The average Bonchev–Trinajstić information content (AvgIpc) is 2.97. The fourth-order valence-electron chi connectivity index (χ4n) is 3.14. The largest absolute Gasteiger partial charge is 0.375 e. The molecule has 2 aromatic rings. The van der Waals surface area contributed by atoms with Gasteiger partial charge in [-0.3, -0.25) is 14.5 Å². The molecule has 21 heavy (non-hydrogen) atoms. The fraction of sp³-hybridized carbons (Fsp3) is 0.267. The molecule has 6 heteroatoms. The predicted molar refractivity (Wildman–Crippen MR) is 79.3 cm³/mol. The van der Waals surface area contributed by atoms with E-state index in [1.165, 1.54) is 16.2 Å². The molecular formula is C15H13N3O2S. The molecule has 2 amide bonds. The molecule has 0 radical (unpaired) electrons. The highest BCUT2D eigenvalue weighted by atomic mass is 32.1. The Morgan fingerprint density at radius 2 is 1.86 bits per heavy atom. The Morgan fingerprint density at radius 3 is 2.52 bits per heavy atom. The van der Waals surface area contributed by atoms with Gasteiger partial charge >= 0.3 is 0 Å². The van der Waals surface area contributed by atoms with Crippen LogP contribution < -0.4 is 5.73 Å². The third-order valence-corrected chi connectivity index (χ3v) is 5.07. The van der Waals surface area contributed by atoms with Gasteiger partial charge in [-0.1, -0.05) is 12.1 Å². The summed E-state index contributed by atoms with van der Waals surface area (Å²) >= 11 is 1.46. The normalized spacial score (nSPS) is 20.6. The average molecular weight is 299 g/mol. The minimum absolute atomic E-state index is 0.0928. The third kappa shape index (κ3) is 1.79. The minimum atomic E-state index is -0.179. The van der Waals surface area contributed by atoms with Gasteiger partial charge in [0, 0.05) is 17.3 Å². The zero-order valence-electron chi connectivity index (χ0n) is 11.2. The molecule has 0 unspecified atom stereocenters. The molecule has 0 spiro atoms. The summed E-state index contributed by atoms with van der Waals surface area (Å²) in [5.41, 5.74) is 7.78. The van der Waals surface area contributed by atoms with E-state index in [2.05, 4.69) is 4.98 Å². The molecule has 0 saturated heterocycles. The van der Waals surface area contributed by atoms with E-state index in [0.717, 1.165) is 23.4 Å². The lowest BCUT2D eigenvalue weighted by Crippen LogP contribution is -2.42. The van der Waals surface area contributed by atoms with E-state index in [-0.39, 0.29) is 17.9 Å². The maximum Gasteiger partial charge on any atom is 0.261 e. The number of nitrogens with zero attached hydrogens (tertiary/aromatic N) is 2. The number of nitrogen functional groups attached to an aromatic ring is 1. The van der Waals surface area contributed by atoms with Gasteiger partial charge in [-0.25, -0.2) is 4.98 Å². The van der Waals surface area contributed by atoms with E-state index < -0.39 is 0 Å². The lowest BCUT2D eigenvalue weighted by atomic mass is 9.96. The van der Waals surface area contributed by atoms with Crippen LogP contribution in [0.3, 0.4) is 0 Å². The second-order valence-corrected chi connectivity index (χ2v) is 6.46. The van der Waals surface area contributed by atoms with Gasteiger partial charge in [0.25, 0.3) is 11.8 Å². The summed E-state index contributed by atoms with van der Waals surface area (Å²) in [6.45, 7) is 0. The molecular weight excluding hydrogens is 286 g/mol. The first kappa shape index (κ1) is 12.5. The second-order valence-electron chi connectivity index (χ2n) is 5.34. The van der Waals surface area contributed by atoms with Crippen LogP contribution in [0.25, 0.3) is 0 Å². The maximum atomic E-state index is 12.5. The molecule has 1 aromatic heterocycles. The van der Waals surface area contributed by atoms with Crippen molar-refractivity contribution in [3.8, 4) is 0 Å². The number of imide groups is 1. The van der Waals surface area contributed by atoms with E-state index in [1.807, 2.05) is 0 Å². The Hall–Kier alpha value is -2.21. The van der Waals surface area contributed by atoms with Crippen LogP contribution in [0.15, 0.2) is 24.3 Å². The number of amides is 2. The van der Waals surface area contributed by atoms with Crippen LogP contribution in [-0.4, -0.2) is 27.7 Å². The number of benzene rings is 1. The SMILES string of the molecule is Nc1nc2c(s1)C[C@H](N1C(=O)c3ccccc3C1=O)CC2. The molecule has 2 aliphatic rings. The monoisotopic (exact) mass is 299 g/mol.